The lowest BCUT2D eigenvalue weighted by atomic mass is 9.94. The van der Waals surface area contributed by atoms with Crippen molar-refractivity contribution in [3.8, 4) is 0 Å². The van der Waals surface area contributed by atoms with Crippen molar-refractivity contribution in [1.29, 1.82) is 0 Å². The van der Waals surface area contributed by atoms with Gasteiger partial charge in [-0.2, -0.15) is 0 Å². The number of hydrogen-bond donors (Lipinski definition) is 0. The second kappa shape index (κ2) is 4.33. The topological polar surface area (TPSA) is 0 Å². The van der Waals surface area contributed by atoms with Crippen LogP contribution >= 0.6 is 11.8 Å². The Kier molecular flexibility index (Phi) is 2.79. The van der Waals surface area contributed by atoms with Crippen molar-refractivity contribution in [2.24, 2.45) is 0 Å². The van der Waals surface area contributed by atoms with Crippen LogP contribution in [-0.4, -0.2) is 4.75 Å². The third-order valence-corrected chi connectivity index (χ3v) is 4.35. The molecule has 0 bridgehead atoms. The lowest BCUT2D eigenvalue weighted by molar-refractivity contribution is 0.892. The largest absolute Gasteiger partial charge is 0.115 e. The van der Waals surface area contributed by atoms with E-state index >= 15 is 0 Å². The number of fused-ring (bicyclic) bond motifs is 1. The summed E-state index contributed by atoms with van der Waals surface area (Å²) in [6.07, 6.45) is 2.38. The SMILES string of the molecule is CC1(C)C=C(c2ccccc2)c2ccccc2S1. The van der Waals surface area contributed by atoms with Gasteiger partial charge in [0, 0.05) is 9.64 Å². The molecule has 1 heterocycles. The van der Waals surface area contributed by atoms with Gasteiger partial charge in [0.2, 0.25) is 0 Å². The summed E-state index contributed by atoms with van der Waals surface area (Å²) >= 11 is 1.94. The van der Waals surface area contributed by atoms with E-state index in [0.717, 1.165) is 0 Å². The third kappa shape index (κ3) is 2.11. The zero-order chi connectivity index (χ0) is 12.6. The van der Waals surface area contributed by atoms with E-state index in [4.69, 9.17) is 0 Å². The summed E-state index contributed by atoms with van der Waals surface area (Å²) in [5.41, 5.74) is 4.02. The molecule has 0 atom stereocenters. The van der Waals surface area contributed by atoms with Gasteiger partial charge in [0.05, 0.1) is 0 Å². The van der Waals surface area contributed by atoms with Gasteiger partial charge in [-0.25, -0.2) is 0 Å². The Labute approximate surface area is 113 Å². The van der Waals surface area contributed by atoms with Gasteiger partial charge in [-0.15, -0.1) is 11.8 Å². The van der Waals surface area contributed by atoms with E-state index < -0.39 is 0 Å². The summed E-state index contributed by atoms with van der Waals surface area (Å²) in [6, 6.07) is 19.3. The average Bonchev–Trinajstić information content (AvgIpc) is 2.38. The van der Waals surface area contributed by atoms with E-state index in [2.05, 4.69) is 74.5 Å². The second-order valence-corrected chi connectivity index (χ2v) is 6.82. The molecule has 0 saturated carbocycles. The first kappa shape index (κ1) is 11.6. The molecule has 0 aromatic heterocycles. The minimum atomic E-state index is 0.152. The molecule has 2 aromatic rings. The molecular weight excluding hydrogens is 236 g/mol. The van der Waals surface area contributed by atoms with Crippen molar-refractivity contribution in [3.63, 3.8) is 0 Å². The van der Waals surface area contributed by atoms with Gasteiger partial charge < -0.3 is 0 Å². The molecule has 0 amide bonds. The van der Waals surface area contributed by atoms with E-state index in [0.29, 0.717) is 0 Å². The maximum atomic E-state index is 2.38. The highest BCUT2D eigenvalue weighted by molar-refractivity contribution is 8.01. The normalized spacial score (nSPS) is 16.9. The van der Waals surface area contributed by atoms with Crippen LogP contribution in [0.15, 0.2) is 65.6 Å². The fourth-order valence-corrected chi connectivity index (χ4v) is 3.55. The Balaban J connectivity index is 2.20. The molecule has 3 rings (SSSR count). The predicted molar refractivity (Wildman–Crippen MR) is 79.9 cm³/mol. The summed E-state index contributed by atoms with van der Waals surface area (Å²) in [5.74, 6) is 0. The zero-order valence-electron chi connectivity index (χ0n) is 10.7. The van der Waals surface area contributed by atoms with Gasteiger partial charge in [-0.3, -0.25) is 0 Å². The van der Waals surface area contributed by atoms with Gasteiger partial charge in [0.15, 0.2) is 0 Å². The van der Waals surface area contributed by atoms with Gasteiger partial charge in [-0.1, -0.05) is 54.6 Å². The Morgan fingerprint density at radius 2 is 1.50 bits per heavy atom. The van der Waals surface area contributed by atoms with Gasteiger partial charge in [0.25, 0.3) is 0 Å². The van der Waals surface area contributed by atoms with E-state index in [1.807, 2.05) is 11.8 Å². The molecule has 1 heteroatoms. The van der Waals surface area contributed by atoms with Crippen molar-refractivity contribution in [1.82, 2.24) is 0 Å². The molecular formula is C17H16S. The minimum absolute atomic E-state index is 0.152. The highest BCUT2D eigenvalue weighted by Gasteiger charge is 2.26. The monoisotopic (exact) mass is 252 g/mol. The summed E-state index contributed by atoms with van der Waals surface area (Å²) in [5, 5.41) is 0. The molecule has 90 valence electrons. The van der Waals surface area contributed by atoms with Crippen LogP contribution in [0, 0.1) is 0 Å². The molecule has 0 radical (unpaired) electrons. The van der Waals surface area contributed by atoms with Crippen LogP contribution in [0.3, 0.4) is 0 Å². The van der Waals surface area contributed by atoms with Crippen LogP contribution < -0.4 is 0 Å². The van der Waals surface area contributed by atoms with Crippen LogP contribution in [-0.2, 0) is 0 Å². The third-order valence-electron chi connectivity index (χ3n) is 3.13. The summed E-state index contributed by atoms with van der Waals surface area (Å²) < 4.78 is 0.152. The predicted octanol–water partition coefficient (Wildman–Crippen LogP) is 5.00. The molecule has 0 fully saturated rings. The van der Waals surface area contributed by atoms with Gasteiger partial charge >= 0.3 is 0 Å². The fraction of sp³-hybridized carbons (Fsp3) is 0.176. The lowest BCUT2D eigenvalue weighted by Crippen LogP contribution is -2.15. The first-order valence-electron chi connectivity index (χ1n) is 6.22. The molecule has 0 aliphatic carbocycles. The van der Waals surface area contributed by atoms with Crippen molar-refractivity contribution in [2.75, 3.05) is 0 Å². The quantitative estimate of drug-likeness (QED) is 0.688. The standard InChI is InChI=1S/C17H16S/c1-17(2)12-15(13-8-4-3-5-9-13)14-10-6-7-11-16(14)18-17/h3-12H,1-2H3. The molecule has 0 unspecified atom stereocenters. The molecule has 1 aliphatic heterocycles. The first-order chi connectivity index (χ1) is 8.66. The minimum Gasteiger partial charge on any atom is -0.115 e. The zero-order valence-corrected chi connectivity index (χ0v) is 11.5. The smallest absolute Gasteiger partial charge is 0.0339 e. The molecule has 2 aromatic carbocycles. The number of hydrogen-bond acceptors (Lipinski definition) is 1. The Morgan fingerprint density at radius 3 is 2.28 bits per heavy atom. The van der Waals surface area contributed by atoms with Crippen molar-refractivity contribution in [3.05, 3.63) is 71.8 Å². The van der Waals surface area contributed by atoms with Crippen LogP contribution in [0.1, 0.15) is 25.0 Å². The molecule has 0 spiro atoms. The molecule has 0 saturated heterocycles. The number of benzene rings is 2. The van der Waals surface area contributed by atoms with Crippen molar-refractivity contribution >= 4 is 17.3 Å². The highest BCUT2D eigenvalue weighted by atomic mass is 32.2. The van der Waals surface area contributed by atoms with Crippen molar-refractivity contribution in [2.45, 2.75) is 23.5 Å². The second-order valence-electron chi connectivity index (χ2n) is 5.13. The van der Waals surface area contributed by atoms with Gasteiger partial charge in [0.1, 0.15) is 0 Å². The van der Waals surface area contributed by atoms with E-state index in [1.165, 1.54) is 21.6 Å². The molecule has 0 nitrogen and oxygen atoms in total. The number of rotatable bonds is 1. The van der Waals surface area contributed by atoms with Crippen LogP contribution in [0.4, 0.5) is 0 Å². The average molecular weight is 252 g/mol. The van der Waals surface area contributed by atoms with E-state index in [-0.39, 0.29) is 4.75 Å². The Morgan fingerprint density at radius 1 is 0.833 bits per heavy atom. The maximum Gasteiger partial charge on any atom is 0.0339 e. The highest BCUT2D eigenvalue weighted by Crippen LogP contribution is 2.45. The van der Waals surface area contributed by atoms with Crippen LogP contribution in [0.25, 0.3) is 5.57 Å². The summed E-state index contributed by atoms with van der Waals surface area (Å²) in [7, 11) is 0. The lowest BCUT2D eigenvalue weighted by Gasteiger charge is -2.29. The molecule has 18 heavy (non-hydrogen) atoms. The maximum absolute atomic E-state index is 2.38. The summed E-state index contributed by atoms with van der Waals surface area (Å²) in [4.78, 5) is 1.38. The van der Waals surface area contributed by atoms with Crippen molar-refractivity contribution < 1.29 is 0 Å². The van der Waals surface area contributed by atoms with Crippen LogP contribution in [0.2, 0.25) is 0 Å². The molecule has 0 N–H and O–H groups in total. The first-order valence-corrected chi connectivity index (χ1v) is 7.04. The Hall–Kier alpha value is -1.47. The van der Waals surface area contributed by atoms with E-state index in [9.17, 15) is 0 Å². The summed E-state index contributed by atoms with van der Waals surface area (Å²) in [6.45, 7) is 4.55. The van der Waals surface area contributed by atoms with Crippen LogP contribution in [0.5, 0.6) is 0 Å². The number of thioether (sulfide) groups is 1. The molecule has 1 aliphatic rings. The fourth-order valence-electron chi connectivity index (χ4n) is 2.37. The van der Waals surface area contributed by atoms with E-state index in [1.54, 1.807) is 0 Å². The van der Waals surface area contributed by atoms with Gasteiger partial charge in [-0.05, 0) is 36.6 Å². The Bertz CT molecular complexity index is 594.